The summed E-state index contributed by atoms with van der Waals surface area (Å²) >= 11 is 0. The Morgan fingerprint density at radius 3 is 2.88 bits per heavy atom. The second kappa shape index (κ2) is 3.41. The topological polar surface area (TPSA) is 144 Å². The number of hydrogen-bond acceptors (Lipinski definition) is 6. The first-order valence-corrected chi connectivity index (χ1v) is 5.45. The highest BCUT2D eigenvalue weighted by Crippen LogP contribution is 2.09. The molecule has 0 saturated heterocycles. The smallest absolute Gasteiger partial charge is 0.326 e. The van der Waals surface area contributed by atoms with Gasteiger partial charge in [-0.05, 0) is 0 Å². The predicted octanol–water partition coefficient (Wildman–Crippen LogP) is -1.29. The average molecular weight is 242 g/mol. The molecule has 0 spiro atoms. The highest BCUT2D eigenvalue weighted by Gasteiger charge is 2.20. The fraction of sp³-hybridized carbons (Fsp3) is 0. The molecule has 2 rings (SSSR count). The van der Waals surface area contributed by atoms with Crippen LogP contribution in [0.15, 0.2) is 17.7 Å². The number of imidazole rings is 1. The van der Waals surface area contributed by atoms with Gasteiger partial charge in [0.2, 0.25) is 5.16 Å². The molecule has 0 aliphatic heterocycles. The van der Waals surface area contributed by atoms with Gasteiger partial charge in [0, 0.05) is 0 Å². The summed E-state index contributed by atoms with van der Waals surface area (Å²) in [5, 5.41) is -0.443. The maximum Gasteiger partial charge on any atom is 0.326 e. The number of amides is 2. The molecule has 0 fully saturated rings. The molecular weight excluding hydrogens is 236 g/mol. The molecule has 9 nitrogen and oxygen atoms in total. The fourth-order valence-electron chi connectivity index (χ4n) is 1.05. The molecule has 2 aromatic heterocycles. The first-order valence-electron chi connectivity index (χ1n) is 3.97. The summed E-state index contributed by atoms with van der Waals surface area (Å²) < 4.78 is 24.5. The third-order valence-corrected chi connectivity index (χ3v) is 2.80. The molecule has 0 radical (unpaired) electrons. The maximum absolute atomic E-state index is 11.5. The van der Waals surface area contributed by atoms with Gasteiger partial charge >= 0.3 is 6.03 Å². The summed E-state index contributed by atoms with van der Waals surface area (Å²) in [6.45, 7) is 0. The molecule has 0 unspecified atom stereocenters. The second-order valence-electron chi connectivity index (χ2n) is 2.77. The van der Waals surface area contributed by atoms with E-state index in [4.69, 9.17) is 5.73 Å². The molecule has 0 aliphatic rings. The van der Waals surface area contributed by atoms with E-state index in [2.05, 4.69) is 19.9 Å². The molecule has 0 aromatic carbocycles. The van der Waals surface area contributed by atoms with Crippen LogP contribution in [0.1, 0.15) is 0 Å². The number of aromatic amines is 1. The van der Waals surface area contributed by atoms with Crippen LogP contribution in [0.2, 0.25) is 0 Å². The molecule has 84 valence electrons. The van der Waals surface area contributed by atoms with Crippen LogP contribution < -0.4 is 10.5 Å². The summed E-state index contributed by atoms with van der Waals surface area (Å²) in [5.74, 6) is 0. The summed E-state index contributed by atoms with van der Waals surface area (Å²) in [5.41, 5.74) is 5.23. The molecule has 0 bridgehead atoms. The molecule has 0 atom stereocenters. The van der Waals surface area contributed by atoms with Crippen LogP contribution in [-0.4, -0.2) is 34.4 Å². The Kier molecular flexibility index (Phi) is 2.20. The standard InChI is InChI=1S/C6H6N6O3S/c7-5(13)12-16(14,15)6-10-3-1-8-2-9-4(3)11-6/h1-2H,(H3,7,12,13)(H,8,9,10,11). The predicted molar refractivity (Wildman–Crippen MR) is 51.6 cm³/mol. The Balaban J connectivity index is 2.52. The molecule has 2 amide bonds. The van der Waals surface area contributed by atoms with E-state index < -0.39 is 21.2 Å². The van der Waals surface area contributed by atoms with Gasteiger partial charge in [-0.2, -0.15) is 13.4 Å². The van der Waals surface area contributed by atoms with Gasteiger partial charge < -0.3 is 10.7 Å². The van der Waals surface area contributed by atoms with Crippen molar-refractivity contribution in [3.05, 3.63) is 12.5 Å². The van der Waals surface area contributed by atoms with Crippen molar-refractivity contribution in [1.82, 2.24) is 24.7 Å². The number of H-pyrrole nitrogens is 1. The zero-order valence-electron chi connectivity index (χ0n) is 7.71. The molecular formula is C6H6N6O3S. The third kappa shape index (κ3) is 1.77. The zero-order valence-corrected chi connectivity index (χ0v) is 8.52. The summed E-state index contributed by atoms with van der Waals surface area (Å²) in [7, 11) is -4.08. The highest BCUT2D eigenvalue weighted by molar-refractivity contribution is 7.89. The van der Waals surface area contributed by atoms with E-state index in [0.717, 1.165) is 0 Å². The lowest BCUT2D eigenvalue weighted by molar-refractivity contribution is 0.253. The van der Waals surface area contributed by atoms with Crippen LogP contribution in [0.4, 0.5) is 4.79 Å². The van der Waals surface area contributed by atoms with Gasteiger partial charge in [0.15, 0.2) is 5.65 Å². The van der Waals surface area contributed by atoms with E-state index in [1.165, 1.54) is 12.5 Å². The minimum absolute atomic E-state index is 0.180. The highest BCUT2D eigenvalue weighted by atomic mass is 32.2. The number of nitrogens with zero attached hydrogens (tertiary/aromatic N) is 3. The Hall–Kier alpha value is -2.23. The number of rotatable bonds is 2. The Labute approximate surface area is 89.2 Å². The summed E-state index contributed by atoms with van der Waals surface area (Å²) in [6, 6.07) is -1.19. The first kappa shape index (κ1) is 10.3. The van der Waals surface area contributed by atoms with Crippen LogP contribution in [0.5, 0.6) is 0 Å². The molecule has 0 aliphatic carbocycles. The van der Waals surface area contributed by atoms with Crippen LogP contribution in [0.25, 0.3) is 11.2 Å². The van der Waals surface area contributed by atoms with Crippen molar-refractivity contribution in [2.75, 3.05) is 0 Å². The van der Waals surface area contributed by atoms with Crippen LogP contribution in [-0.2, 0) is 10.0 Å². The van der Waals surface area contributed by atoms with Gasteiger partial charge in [0.1, 0.15) is 11.8 Å². The number of urea groups is 1. The van der Waals surface area contributed by atoms with Gasteiger partial charge in [-0.15, -0.1) is 0 Å². The third-order valence-electron chi connectivity index (χ3n) is 1.63. The number of carbonyl (C=O) groups is 1. The molecule has 16 heavy (non-hydrogen) atoms. The second-order valence-corrected chi connectivity index (χ2v) is 4.37. The normalized spacial score (nSPS) is 11.5. The minimum Gasteiger partial charge on any atom is -0.351 e. The summed E-state index contributed by atoms with van der Waals surface area (Å²) in [4.78, 5) is 24.0. The van der Waals surface area contributed by atoms with E-state index in [1.54, 1.807) is 4.72 Å². The molecule has 2 heterocycles. The average Bonchev–Trinajstić information content (AvgIpc) is 2.59. The number of carbonyl (C=O) groups excluding carboxylic acids is 1. The number of nitrogens with one attached hydrogen (secondary N) is 2. The quantitative estimate of drug-likeness (QED) is 0.597. The maximum atomic E-state index is 11.5. The van der Waals surface area contributed by atoms with Gasteiger partial charge in [-0.25, -0.2) is 19.5 Å². The van der Waals surface area contributed by atoms with E-state index in [1.807, 2.05) is 0 Å². The van der Waals surface area contributed by atoms with Crippen molar-refractivity contribution in [3.8, 4) is 0 Å². The number of hydrogen-bond donors (Lipinski definition) is 3. The Morgan fingerprint density at radius 1 is 1.50 bits per heavy atom. The van der Waals surface area contributed by atoms with Crippen molar-refractivity contribution in [2.24, 2.45) is 5.73 Å². The van der Waals surface area contributed by atoms with Gasteiger partial charge in [-0.3, -0.25) is 0 Å². The number of fused-ring (bicyclic) bond motifs is 1. The summed E-state index contributed by atoms with van der Waals surface area (Å²) in [6.07, 6.45) is 2.58. The van der Waals surface area contributed by atoms with E-state index in [9.17, 15) is 13.2 Å². The van der Waals surface area contributed by atoms with Gasteiger partial charge in [0.25, 0.3) is 10.0 Å². The number of nitrogens with two attached hydrogens (primary N) is 1. The lowest BCUT2D eigenvalue weighted by Gasteiger charge is -1.98. The molecule has 10 heteroatoms. The van der Waals surface area contributed by atoms with Crippen LogP contribution >= 0.6 is 0 Å². The number of sulfonamides is 1. The van der Waals surface area contributed by atoms with Crippen LogP contribution in [0, 0.1) is 0 Å². The lowest BCUT2D eigenvalue weighted by Crippen LogP contribution is -2.35. The van der Waals surface area contributed by atoms with Crippen molar-refractivity contribution >= 4 is 27.2 Å². The molecule has 0 saturated carbocycles. The van der Waals surface area contributed by atoms with E-state index in [0.29, 0.717) is 5.52 Å². The van der Waals surface area contributed by atoms with Crippen molar-refractivity contribution in [1.29, 1.82) is 0 Å². The van der Waals surface area contributed by atoms with Crippen molar-refractivity contribution in [3.63, 3.8) is 0 Å². The van der Waals surface area contributed by atoms with Crippen molar-refractivity contribution < 1.29 is 13.2 Å². The Morgan fingerprint density at radius 2 is 2.25 bits per heavy atom. The fourth-order valence-corrected chi connectivity index (χ4v) is 1.86. The monoisotopic (exact) mass is 242 g/mol. The first-order chi connectivity index (χ1) is 7.49. The van der Waals surface area contributed by atoms with E-state index >= 15 is 0 Å². The molecule has 2 aromatic rings. The van der Waals surface area contributed by atoms with Crippen molar-refractivity contribution in [2.45, 2.75) is 5.16 Å². The molecule has 4 N–H and O–H groups in total. The van der Waals surface area contributed by atoms with Gasteiger partial charge in [-0.1, -0.05) is 0 Å². The lowest BCUT2D eigenvalue weighted by atomic mass is 10.6. The van der Waals surface area contributed by atoms with Gasteiger partial charge in [0.05, 0.1) is 6.20 Å². The number of primary amides is 1. The minimum atomic E-state index is -4.08. The Bertz CT molecular complexity index is 614. The zero-order chi connectivity index (χ0) is 11.8. The van der Waals surface area contributed by atoms with E-state index in [-0.39, 0.29) is 5.65 Å². The largest absolute Gasteiger partial charge is 0.351 e. The number of aromatic nitrogens is 4. The van der Waals surface area contributed by atoms with Crippen LogP contribution in [0.3, 0.4) is 0 Å². The SMILES string of the molecule is NC(=O)NS(=O)(=O)c1nc2ncncc2[nH]1.